The Hall–Kier alpha value is -2.09. The van der Waals surface area contributed by atoms with Gasteiger partial charge in [0.1, 0.15) is 11.9 Å². The third-order valence-corrected chi connectivity index (χ3v) is 3.75. The van der Waals surface area contributed by atoms with Crippen molar-refractivity contribution in [2.75, 3.05) is 25.5 Å². The molecule has 2 rings (SSSR count). The van der Waals surface area contributed by atoms with Crippen LogP contribution in [0.5, 0.6) is 0 Å². The number of carbonyl (C=O) groups excluding carboxylic acids is 1. The topological polar surface area (TPSA) is 69.0 Å². The SMILES string of the molecule is CNC(=O)C(C)CN(C)c1nc2c(cc1C#N)CCC2. The fourth-order valence-corrected chi connectivity index (χ4v) is 2.66. The molecule has 0 radical (unpaired) electrons. The molecule has 1 aliphatic rings. The average molecular weight is 272 g/mol. The van der Waals surface area contributed by atoms with Crippen molar-refractivity contribution >= 4 is 11.7 Å². The maximum atomic E-state index is 11.6. The third-order valence-electron chi connectivity index (χ3n) is 3.75. The summed E-state index contributed by atoms with van der Waals surface area (Å²) in [6, 6.07) is 4.17. The van der Waals surface area contributed by atoms with Crippen molar-refractivity contribution in [1.29, 1.82) is 5.26 Å². The van der Waals surface area contributed by atoms with Crippen molar-refractivity contribution in [2.45, 2.75) is 26.2 Å². The van der Waals surface area contributed by atoms with Crippen LogP contribution in [0.2, 0.25) is 0 Å². The summed E-state index contributed by atoms with van der Waals surface area (Å²) in [5, 5.41) is 11.9. The Bertz CT molecular complexity index is 562. The van der Waals surface area contributed by atoms with E-state index in [4.69, 9.17) is 0 Å². The number of amides is 1. The Morgan fingerprint density at radius 2 is 2.35 bits per heavy atom. The minimum atomic E-state index is -0.147. The first-order valence-corrected chi connectivity index (χ1v) is 6.92. The summed E-state index contributed by atoms with van der Waals surface area (Å²) < 4.78 is 0. The highest BCUT2D eigenvalue weighted by Crippen LogP contribution is 2.26. The van der Waals surface area contributed by atoms with E-state index in [1.54, 1.807) is 7.05 Å². The molecule has 1 atom stereocenters. The number of nitrogens with zero attached hydrogens (tertiary/aromatic N) is 3. The molecule has 1 amide bonds. The van der Waals surface area contributed by atoms with Gasteiger partial charge in [-0.15, -0.1) is 0 Å². The summed E-state index contributed by atoms with van der Waals surface area (Å²) in [4.78, 5) is 18.1. The van der Waals surface area contributed by atoms with E-state index in [2.05, 4.69) is 16.4 Å². The van der Waals surface area contributed by atoms with Gasteiger partial charge in [0.15, 0.2) is 0 Å². The highest BCUT2D eigenvalue weighted by Gasteiger charge is 2.20. The van der Waals surface area contributed by atoms with Crippen molar-refractivity contribution in [1.82, 2.24) is 10.3 Å². The number of pyridine rings is 1. The van der Waals surface area contributed by atoms with Gasteiger partial charge in [0, 0.05) is 26.3 Å². The van der Waals surface area contributed by atoms with E-state index in [9.17, 15) is 10.1 Å². The number of hydrogen-bond donors (Lipinski definition) is 1. The summed E-state index contributed by atoms with van der Waals surface area (Å²) in [6.07, 6.45) is 3.09. The number of carbonyl (C=O) groups is 1. The molecule has 1 aliphatic carbocycles. The van der Waals surface area contributed by atoms with Crippen LogP contribution in [-0.2, 0) is 17.6 Å². The predicted molar refractivity (Wildman–Crippen MR) is 77.5 cm³/mol. The minimum absolute atomic E-state index is 0.00322. The molecule has 0 aromatic carbocycles. The Morgan fingerprint density at radius 1 is 1.60 bits per heavy atom. The largest absolute Gasteiger partial charge is 0.359 e. The van der Waals surface area contributed by atoms with Crippen LogP contribution in [0.3, 0.4) is 0 Å². The third kappa shape index (κ3) is 2.74. The summed E-state index contributed by atoms with van der Waals surface area (Å²) in [5.41, 5.74) is 2.88. The van der Waals surface area contributed by atoms with Crippen LogP contribution in [0.1, 0.15) is 30.2 Å². The van der Waals surface area contributed by atoms with E-state index in [0.29, 0.717) is 17.9 Å². The van der Waals surface area contributed by atoms with Gasteiger partial charge in [-0.1, -0.05) is 6.92 Å². The number of rotatable bonds is 4. The summed E-state index contributed by atoms with van der Waals surface area (Å²) >= 11 is 0. The molecule has 1 aromatic rings. The molecule has 0 saturated carbocycles. The summed E-state index contributed by atoms with van der Waals surface area (Å²) in [6.45, 7) is 2.41. The van der Waals surface area contributed by atoms with Crippen molar-refractivity contribution < 1.29 is 4.79 Å². The second-order valence-electron chi connectivity index (χ2n) is 5.33. The molecule has 1 N–H and O–H groups in total. The van der Waals surface area contributed by atoms with Gasteiger partial charge in [-0.25, -0.2) is 4.98 Å². The second-order valence-corrected chi connectivity index (χ2v) is 5.33. The fourth-order valence-electron chi connectivity index (χ4n) is 2.66. The molecule has 5 nitrogen and oxygen atoms in total. The van der Waals surface area contributed by atoms with E-state index >= 15 is 0 Å². The number of aromatic nitrogens is 1. The molecule has 0 bridgehead atoms. The standard InChI is InChI=1S/C15H20N4O/c1-10(15(20)17-2)9-19(3)14-12(8-16)7-11-5-4-6-13(11)18-14/h7,10H,4-6,9H2,1-3H3,(H,17,20). The van der Waals surface area contributed by atoms with Gasteiger partial charge < -0.3 is 10.2 Å². The molecule has 0 saturated heterocycles. The monoisotopic (exact) mass is 272 g/mol. The quantitative estimate of drug-likeness (QED) is 0.896. The number of fused-ring (bicyclic) bond motifs is 1. The number of aryl methyl sites for hydroxylation is 2. The maximum absolute atomic E-state index is 11.6. The zero-order valence-electron chi connectivity index (χ0n) is 12.2. The normalized spacial score (nSPS) is 14.3. The Labute approximate surface area is 119 Å². The van der Waals surface area contributed by atoms with Crippen molar-refractivity contribution in [3.8, 4) is 6.07 Å². The van der Waals surface area contributed by atoms with Gasteiger partial charge in [0.2, 0.25) is 5.91 Å². The Morgan fingerprint density at radius 3 is 3.00 bits per heavy atom. The van der Waals surface area contributed by atoms with Gasteiger partial charge in [-0.05, 0) is 30.9 Å². The Balaban J connectivity index is 2.23. The zero-order valence-corrected chi connectivity index (χ0v) is 12.2. The van der Waals surface area contributed by atoms with Gasteiger partial charge in [0.05, 0.1) is 11.5 Å². The first-order chi connectivity index (χ1) is 9.56. The van der Waals surface area contributed by atoms with Crippen LogP contribution in [0, 0.1) is 17.2 Å². The van der Waals surface area contributed by atoms with Gasteiger partial charge >= 0.3 is 0 Å². The number of nitriles is 1. The van der Waals surface area contributed by atoms with Crippen LogP contribution in [0.25, 0.3) is 0 Å². The molecule has 5 heteroatoms. The molecular weight excluding hydrogens is 252 g/mol. The van der Waals surface area contributed by atoms with Gasteiger partial charge in [-0.2, -0.15) is 5.26 Å². The van der Waals surface area contributed by atoms with Crippen LogP contribution in [0.4, 0.5) is 5.82 Å². The van der Waals surface area contributed by atoms with Gasteiger partial charge in [-0.3, -0.25) is 4.79 Å². The van der Waals surface area contributed by atoms with Gasteiger partial charge in [0.25, 0.3) is 0 Å². The van der Waals surface area contributed by atoms with E-state index in [1.807, 2.05) is 24.9 Å². The molecular formula is C15H20N4O. The molecule has 20 heavy (non-hydrogen) atoms. The maximum Gasteiger partial charge on any atom is 0.224 e. The average Bonchev–Trinajstić information content (AvgIpc) is 2.91. The number of anilines is 1. The lowest BCUT2D eigenvalue weighted by molar-refractivity contribution is -0.123. The smallest absolute Gasteiger partial charge is 0.224 e. The molecule has 106 valence electrons. The zero-order chi connectivity index (χ0) is 14.7. The first kappa shape index (κ1) is 14.3. The first-order valence-electron chi connectivity index (χ1n) is 6.92. The Kier molecular flexibility index (Phi) is 4.23. The van der Waals surface area contributed by atoms with Crippen LogP contribution in [0.15, 0.2) is 6.07 Å². The molecule has 0 aliphatic heterocycles. The van der Waals surface area contributed by atoms with E-state index < -0.39 is 0 Å². The summed E-state index contributed by atoms with van der Waals surface area (Å²) in [5.74, 6) is 0.534. The van der Waals surface area contributed by atoms with E-state index in [-0.39, 0.29) is 11.8 Å². The molecule has 0 fully saturated rings. The number of hydrogen-bond acceptors (Lipinski definition) is 4. The van der Waals surface area contributed by atoms with Crippen molar-refractivity contribution in [3.63, 3.8) is 0 Å². The lowest BCUT2D eigenvalue weighted by Crippen LogP contribution is -2.35. The van der Waals surface area contributed by atoms with E-state index in [1.165, 1.54) is 5.56 Å². The molecule has 1 heterocycles. The number of nitrogens with one attached hydrogen (secondary N) is 1. The fraction of sp³-hybridized carbons (Fsp3) is 0.533. The lowest BCUT2D eigenvalue weighted by atomic mass is 10.1. The highest BCUT2D eigenvalue weighted by molar-refractivity contribution is 5.78. The van der Waals surface area contributed by atoms with E-state index in [0.717, 1.165) is 25.0 Å². The molecule has 1 aromatic heterocycles. The van der Waals surface area contributed by atoms with Crippen LogP contribution < -0.4 is 10.2 Å². The van der Waals surface area contributed by atoms with Crippen LogP contribution in [-0.4, -0.2) is 31.5 Å². The highest BCUT2D eigenvalue weighted by atomic mass is 16.1. The predicted octanol–water partition coefficient (Wildman–Crippen LogP) is 1.26. The molecule has 1 unspecified atom stereocenters. The minimum Gasteiger partial charge on any atom is -0.359 e. The second kappa shape index (κ2) is 5.91. The lowest BCUT2D eigenvalue weighted by Gasteiger charge is -2.23. The van der Waals surface area contributed by atoms with Crippen molar-refractivity contribution in [3.05, 3.63) is 22.9 Å². The van der Waals surface area contributed by atoms with Crippen molar-refractivity contribution in [2.24, 2.45) is 5.92 Å². The molecule has 0 spiro atoms. The van der Waals surface area contributed by atoms with Crippen LogP contribution >= 0.6 is 0 Å². The summed E-state index contributed by atoms with van der Waals surface area (Å²) in [7, 11) is 3.51.